The SMILES string of the molecule is C[C@H](Cl)[C@](C)(O[Si](C)(C)C)C(=O)c1ccco1. The highest BCUT2D eigenvalue weighted by atomic mass is 35.5. The minimum atomic E-state index is -1.88. The number of furan rings is 1. The van der Waals surface area contributed by atoms with Crippen molar-refractivity contribution in [3.05, 3.63) is 24.2 Å². The van der Waals surface area contributed by atoms with Gasteiger partial charge in [0, 0.05) is 0 Å². The maximum Gasteiger partial charge on any atom is 0.229 e. The highest BCUT2D eigenvalue weighted by Gasteiger charge is 2.44. The molecule has 96 valence electrons. The summed E-state index contributed by atoms with van der Waals surface area (Å²) in [6.07, 6.45) is 1.47. The van der Waals surface area contributed by atoms with Crippen LogP contribution >= 0.6 is 11.6 Å². The Labute approximate surface area is 108 Å². The number of alkyl halides is 1. The first-order valence-electron chi connectivity index (χ1n) is 5.59. The molecule has 17 heavy (non-hydrogen) atoms. The Bertz CT molecular complexity index is 381. The third-order valence-electron chi connectivity index (χ3n) is 2.47. The van der Waals surface area contributed by atoms with Gasteiger partial charge in [-0.1, -0.05) is 0 Å². The van der Waals surface area contributed by atoms with Crippen LogP contribution in [0.3, 0.4) is 0 Å². The summed E-state index contributed by atoms with van der Waals surface area (Å²) >= 11 is 6.14. The van der Waals surface area contributed by atoms with E-state index >= 15 is 0 Å². The first-order valence-corrected chi connectivity index (χ1v) is 9.44. The number of hydrogen-bond acceptors (Lipinski definition) is 3. The summed E-state index contributed by atoms with van der Waals surface area (Å²) in [5.74, 6) is 0.0886. The first kappa shape index (κ1) is 14.5. The van der Waals surface area contributed by atoms with Crippen LogP contribution in [0.1, 0.15) is 24.4 Å². The number of carbonyl (C=O) groups excluding carboxylic acids is 1. The van der Waals surface area contributed by atoms with E-state index in [1.165, 1.54) is 6.26 Å². The molecule has 0 unspecified atom stereocenters. The standard InChI is InChI=1S/C12H19ClO3Si/c1-9(13)12(2,16-17(3,4)5)11(14)10-7-6-8-15-10/h6-9H,1-5H3/t9-,12-/m0/s1. The van der Waals surface area contributed by atoms with Gasteiger partial charge in [0.2, 0.25) is 5.78 Å². The molecule has 1 rings (SSSR count). The Morgan fingerprint density at radius 2 is 2.12 bits per heavy atom. The van der Waals surface area contributed by atoms with Crippen molar-refractivity contribution >= 4 is 25.7 Å². The van der Waals surface area contributed by atoms with Crippen LogP contribution < -0.4 is 0 Å². The number of Topliss-reactive ketones (excluding diaryl/α,β-unsaturated/α-hetero) is 1. The van der Waals surface area contributed by atoms with Crippen molar-refractivity contribution in [1.29, 1.82) is 0 Å². The van der Waals surface area contributed by atoms with Gasteiger partial charge < -0.3 is 8.84 Å². The minimum absolute atomic E-state index is 0.201. The normalized spacial score (nSPS) is 17.5. The molecule has 0 N–H and O–H groups in total. The predicted octanol–water partition coefficient (Wildman–Crippen LogP) is 3.70. The molecule has 0 aliphatic rings. The van der Waals surface area contributed by atoms with Gasteiger partial charge in [0.1, 0.15) is 5.60 Å². The van der Waals surface area contributed by atoms with Crippen LogP contribution in [0.2, 0.25) is 19.6 Å². The van der Waals surface area contributed by atoms with Gasteiger partial charge in [-0.15, -0.1) is 11.6 Å². The average molecular weight is 275 g/mol. The van der Waals surface area contributed by atoms with Crippen LogP contribution in [0.25, 0.3) is 0 Å². The predicted molar refractivity (Wildman–Crippen MR) is 71.2 cm³/mol. The fourth-order valence-electron chi connectivity index (χ4n) is 1.60. The second-order valence-electron chi connectivity index (χ2n) is 5.24. The van der Waals surface area contributed by atoms with E-state index < -0.39 is 19.3 Å². The maximum absolute atomic E-state index is 12.4. The maximum atomic E-state index is 12.4. The molecule has 1 aromatic heterocycles. The Kier molecular flexibility index (Phi) is 4.22. The molecule has 5 heteroatoms. The molecule has 3 nitrogen and oxygen atoms in total. The molecule has 0 radical (unpaired) electrons. The number of ketones is 1. The van der Waals surface area contributed by atoms with Crippen LogP contribution in [0, 0.1) is 0 Å². The molecule has 0 aliphatic heterocycles. The van der Waals surface area contributed by atoms with E-state index in [4.69, 9.17) is 20.4 Å². The van der Waals surface area contributed by atoms with Gasteiger partial charge in [0.25, 0.3) is 0 Å². The average Bonchev–Trinajstić information content (AvgIpc) is 2.65. The van der Waals surface area contributed by atoms with Gasteiger partial charge in [-0.2, -0.15) is 0 Å². The molecule has 0 saturated carbocycles. The van der Waals surface area contributed by atoms with Crippen molar-refractivity contribution in [2.75, 3.05) is 0 Å². The van der Waals surface area contributed by atoms with Gasteiger partial charge in [-0.3, -0.25) is 4.79 Å². The van der Waals surface area contributed by atoms with Gasteiger partial charge in [0.15, 0.2) is 14.1 Å². The summed E-state index contributed by atoms with van der Waals surface area (Å²) in [6.45, 7) is 9.58. The lowest BCUT2D eigenvalue weighted by Crippen LogP contribution is -2.51. The Balaban J connectivity index is 3.04. The number of carbonyl (C=O) groups is 1. The zero-order valence-corrected chi connectivity index (χ0v) is 12.7. The smallest absolute Gasteiger partial charge is 0.229 e. The highest BCUT2D eigenvalue weighted by Crippen LogP contribution is 2.29. The van der Waals surface area contributed by atoms with Gasteiger partial charge >= 0.3 is 0 Å². The van der Waals surface area contributed by atoms with E-state index in [0.29, 0.717) is 5.76 Å². The fourth-order valence-corrected chi connectivity index (χ4v) is 3.36. The van der Waals surface area contributed by atoms with Crippen molar-refractivity contribution < 1.29 is 13.6 Å². The Morgan fingerprint density at radius 3 is 2.47 bits per heavy atom. The van der Waals surface area contributed by atoms with Crippen molar-refractivity contribution in [3.8, 4) is 0 Å². The summed E-state index contributed by atoms with van der Waals surface area (Å²) in [7, 11) is -1.88. The molecule has 0 bridgehead atoms. The first-order chi connectivity index (χ1) is 7.67. The molecular formula is C12H19ClO3Si. The van der Waals surface area contributed by atoms with Crippen LogP contribution in [-0.2, 0) is 4.43 Å². The highest BCUT2D eigenvalue weighted by molar-refractivity contribution is 6.70. The quantitative estimate of drug-likeness (QED) is 0.467. The van der Waals surface area contributed by atoms with Crippen LogP contribution in [-0.4, -0.2) is 25.1 Å². The second-order valence-corrected chi connectivity index (χ2v) is 10.3. The van der Waals surface area contributed by atoms with Crippen molar-refractivity contribution in [1.82, 2.24) is 0 Å². The minimum Gasteiger partial charge on any atom is -0.461 e. The molecule has 0 saturated heterocycles. The van der Waals surface area contributed by atoms with Crippen LogP contribution in [0.5, 0.6) is 0 Å². The van der Waals surface area contributed by atoms with E-state index in [-0.39, 0.29) is 5.78 Å². The number of hydrogen-bond donors (Lipinski definition) is 0. The summed E-state index contributed by atoms with van der Waals surface area (Å²) in [5, 5.41) is -0.424. The van der Waals surface area contributed by atoms with Crippen molar-refractivity contribution in [2.45, 2.75) is 44.5 Å². The molecule has 0 fully saturated rings. The van der Waals surface area contributed by atoms with Gasteiger partial charge in [-0.05, 0) is 45.6 Å². The fraction of sp³-hybridized carbons (Fsp3) is 0.583. The van der Waals surface area contributed by atoms with E-state index in [0.717, 1.165) is 0 Å². The lowest BCUT2D eigenvalue weighted by molar-refractivity contribution is 0.0459. The van der Waals surface area contributed by atoms with Gasteiger partial charge in [0.05, 0.1) is 11.6 Å². The van der Waals surface area contributed by atoms with E-state index in [1.54, 1.807) is 26.0 Å². The molecule has 2 atom stereocenters. The molecule has 0 spiro atoms. The summed E-state index contributed by atoms with van der Waals surface area (Å²) < 4.78 is 11.1. The summed E-state index contributed by atoms with van der Waals surface area (Å²) in [6, 6.07) is 3.31. The molecule has 0 aliphatic carbocycles. The zero-order chi connectivity index (χ0) is 13.3. The topological polar surface area (TPSA) is 39.4 Å². The molecule has 1 heterocycles. The van der Waals surface area contributed by atoms with Crippen LogP contribution in [0.4, 0.5) is 0 Å². The largest absolute Gasteiger partial charge is 0.461 e. The lowest BCUT2D eigenvalue weighted by atomic mass is 9.96. The van der Waals surface area contributed by atoms with E-state index in [1.807, 2.05) is 19.6 Å². The third kappa shape index (κ3) is 3.44. The number of rotatable bonds is 5. The van der Waals surface area contributed by atoms with Crippen LogP contribution in [0.15, 0.2) is 22.8 Å². The monoisotopic (exact) mass is 274 g/mol. The number of halogens is 1. The van der Waals surface area contributed by atoms with Gasteiger partial charge in [-0.25, -0.2) is 0 Å². The Hall–Kier alpha value is -0.583. The van der Waals surface area contributed by atoms with Crippen molar-refractivity contribution in [3.63, 3.8) is 0 Å². The van der Waals surface area contributed by atoms with Crippen molar-refractivity contribution in [2.24, 2.45) is 0 Å². The molecule has 0 amide bonds. The zero-order valence-electron chi connectivity index (χ0n) is 10.9. The molecule has 1 aromatic rings. The van der Waals surface area contributed by atoms with E-state index in [2.05, 4.69) is 0 Å². The third-order valence-corrected chi connectivity index (χ3v) is 3.93. The summed E-state index contributed by atoms with van der Waals surface area (Å²) in [5.41, 5.74) is -1.04. The van der Waals surface area contributed by atoms with E-state index in [9.17, 15) is 4.79 Å². The lowest BCUT2D eigenvalue weighted by Gasteiger charge is -2.36. The summed E-state index contributed by atoms with van der Waals surface area (Å²) in [4.78, 5) is 12.4. The molecule has 0 aromatic carbocycles. The molecular weight excluding hydrogens is 256 g/mol. The Morgan fingerprint density at radius 1 is 1.53 bits per heavy atom. The second kappa shape index (κ2) is 4.96.